The summed E-state index contributed by atoms with van der Waals surface area (Å²) >= 11 is 0. The van der Waals surface area contributed by atoms with Crippen molar-refractivity contribution in [2.45, 2.75) is 58.2 Å². The topological polar surface area (TPSA) is 63.3 Å². The van der Waals surface area contributed by atoms with Crippen LogP contribution in [0.5, 0.6) is 0 Å². The molecule has 130 valence electrons. The Kier molecular flexibility index (Phi) is 7.12. The first kappa shape index (κ1) is 18.0. The fourth-order valence-electron chi connectivity index (χ4n) is 3.32. The van der Waals surface area contributed by atoms with Crippen molar-refractivity contribution in [3.8, 4) is 0 Å². The van der Waals surface area contributed by atoms with Crippen LogP contribution in [0.2, 0.25) is 0 Å². The minimum atomic E-state index is -0.310. The molecule has 0 aliphatic carbocycles. The van der Waals surface area contributed by atoms with E-state index >= 15 is 0 Å². The third-order valence-electron chi connectivity index (χ3n) is 4.64. The van der Waals surface area contributed by atoms with Crippen LogP contribution in [0.3, 0.4) is 0 Å². The zero-order valence-electron chi connectivity index (χ0n) is 14.5. The monoisotopic (exact) mass is 322 g/mol. The average molecular weight is 322 g/mol. The van der Waals surface area contributed by atoms with Crippen molar-refractivity contribution in [1.82, 2.24) is 10.3 Å². The van der Waals surface area contributed by atoms with Crippen molar-refractivity contribution >= 4 is 5.97 Å². The van der Waals surface area contributed by atoms with Gasteiger partial charge in [-0.25, -0.2) is 0 Å². The third kappa shape index (κ3) is 5.08. The number of nitrogens with one attached hydrogen (secondary N) is 2. The SMILES string of the molecule is CCCCCC(C)C[C@H]1CO[C@H](c2ccc[nH]2)N[C@@H]1C(=O)OC. The van der Waals surface area contributed by atoms with E-state index in [4.69, 9.17) is 9.47 Å². The summed E-state index contributed by atoms with van der Waals surface area (Å²) in [4.78, 5) is 15.3. The number of hydrogen-bond donors (Lipinski definition) is 2. The van der Waals surface area contributed by atoms with Crippen molar-refractivity contribution < 1.29 is 14.3 Å². The zero-order valence-corrected chi connectivity index (χ0v) is 14.5. The summed E-state index contributed by atoms with van der Waals surface area (Å²) in [6.45, 7) is 5.06. The second kappa shape index (κ2) is 9.08. The standard InChI is InChI=1S/C18H30N2O3/c1-4-5-6-8-13(2)11-14-12-23-17(15-9-7-10-19-15)20-16(14)18(21)22-3/h7,9-10,13-14,16-17,19-20H,4-6,8,11-12H2,1-3H3/t13?,14-,16-,17+/m0/s1. The summed E-state index contributed by atoms with van der Waals surface area (Å²) in [5.41, 5.74) is 0.938. The number of aromatic amines is 1. The van der Waals surface area contributed by atoms with Crippen molar-refractivity contribution in [2.75, 3.05) is 13.7 Å². The van der Waals surface area contributed by atoms with E-state index < -0.39 is 0 Å². The molecule has 1 aliphatic rings. The summed E-state index contributed by atoms with van der Waals surface area (Å²) in [6, 6.07) is 3.57. The molecule has 1 aliphatic heterocycles. The lowest BCUT2D eigenvalue weighted by molar-refractivity contribution is -0.153. The summed E-state index contributed by atoms with van der Waals surface area (Å²) in [6.07, 6.45) is 7.54. The van der Waals surface area contributed by atoms with Gasteiger partial charge >= 0.3 is 5.97 Å². The van der Waals surface area contributed by atoms with Crippen LogP contribution in [-0.2, 0) is 14.3 Å². The highest BCUT2D eigenvalue weighted by Gasteiger charge is 2.37. The Hall–Kier alpha value is -1.33. The average Bonchev–Trinajstić information content (AvgIpc) is 3.09. The first-order chi connectivity index (χ1) is 11.2. The Morgan fingerprint density at radius 2 is 2.30 bits per heavy atom. The number of rotatable bonds is 8. The lowest BCUT2D eigenvalue weighted by Crippen LogP contribution is -2.52. The molecule has 2 N–H and O–H groups in total. The Morgan fingerprint density at radius 3 is 2.96 bits per heavy atom. The molecule has 5 heteroatoms. The van der Waals surface area contributed by atoms with Crippen LogP contribution in [0, 0.1) is 11.8 Å². The number of esters is 1. The molecule has 0 radical (unpaired) electrons. The molecule has 2 heterocycles. The lowest BCUT2D eigenvalue weighted by Gasteiger charge is -2.36. The van der Waals surface area contributed by atoms with Gasteiger partial charge in [0, 0.05) is 12.1 Å². The van der Waals surface area contributed by atoms with Crippen LogP contribution < -0.4 is 5.32 Å². The number of unbranched alkanes of at least 4 members (excludes halogenated alkanes) is 2. The predicted molar refractivity (Wildman–Crippen MR) is 89.8 cm³/mol. The van der Waals surface area contributed by atoms with Gasteiger partial charge in [-0.1, -0.05) is 39.5 Å². The van der Waals surface area contributed by atoms with Crippen molar-refractivity contribution in [2.24, 2.45) is 11.8 Å². The highest BCUT2D eigenvalue weighted by atomic mass is 16.5. The maximum atomic E-state index is 12.2. The molecule has 1 fully saturated rings. The van der Waals surface area contributed by atoms with Crippen LogP contribution in [0.15, 0.2) is 18.3 Å². The van der Waals surface area contributed by atoms with Gasteiger partial charge in [0.05, 0.1) is 19.4 Å². The molecule has 2 rings (SSSR count). The van der Waals surface area contributed by atoms with Crippen LogP contribution in [-0.4, -0.2) is 30.7 Å². The van der Waals surface area contributed by atoms with E-state index in [0.29, 0.717) is 12.5 Å². The Balaban J connectivity index is 1.94. The summed E-state index contributed by atoms with van der Waals surface area (Å²) in [5.74, 6) is 0.548. The van der Waals surface area contributed by atoms with Gasteiger partial charge in [0.2, 0.25) is 0 Å². The van der Waals surface area contributed by atoms with E-state index in [2.05, 4.69) is 24.1 Å². The van der Waals surface area contributed by atoms with Crippen molar-refractivity contribution in [1.29, 1.82) is 0 Å². The van der Waals surface area contributed by atoms with E-state index in [0.717, 1.165) is 12.1 Å². The van der Waals surface area contributed by atoms with Gasteiger partial charge in [-0.15, -0.1) is 0 Å². The summed E-state index contributed by atoms with van der Waals surface area (Å²) < 4.78 is 10.9. The molecule has 23 heavy (non-hydrogen) atoms. The van der Waals surface area contributed by atoms with E-state index in [1.807, 2.05) is 18.3 Å². The first-order valence-electron chi connectivity index (χ1n) is 8.74. The number of methoxy groups -OCH3 is 1. The summed E-state index contributed by atoms with van der Waals surface area (Å²) in [7, 11) is 1.45. The molecule has 0 saturated carbocycles. The maximum absolute atomic E-state index is 12.2. The number of hydrogen-bond acceptors (Lipinski definition) is 4. The molecule has 1 unspecified atom stereocenters. The fraction of sp³-hybridized carbons (Fsp3) is 0.722. The molecule has 1 aromatic rings. The first-order valence-corrected chi connectivity index (χ1v) is 8.74. The number of ether oxygens (including phenoxy) is 2. The fourth-order valence-corrected chi connectivity index (χ4v) is 3.32. The van der Waals surface area contributed by atoms with Crippen LogP contribution >= 0.6 is 0 Å². The molecular formula is C18H30N2O3. The Labute approximate surface area is 139 Å². The molecule has 1 aromatic heterocycles. The number of H-pyrrole nitrogens is 1. The normalized spacial score (nSPS) is 26.0. The van der Waals surface area contributed by atoms with Gasteiger partial charge in [0.1, 0.15) is 12.3 Å². The second-order valence-electron chi connectivity index (χ2n) is 6.60. The van der Waals surface area contributed by atoms with Gasteiger partial charge in [-0.05, 0) is 24.5 Å². The van der Waals surface area contributed by atoms with Crippen LogP contribution in [0.1, 0.15) is 57.9 Å². The molecular weight excluding hydrogens is 292 g/mol. The van der Waals surface area contributed by atoms with Crippen molar-refractivity contribution in [3.05, 3.63) is 24.0 Å². The van der Waals surface area contributed by atoms with Gasteiger partial charge in [0.25, 0.3) is 0 Å². The van der Waals surface area contributed by atoms with Crippen LogP contribution in [0.25, 0.3) is 0 Å². The molecule has 0 aromatic carbocycles. The number of carbonyl (C=O) groups is 1. The maximum Gasteiger partial charge on any atom is 0.323 e. The molecule has 5 nitrogen and oxygen atoms in total. The van der Waals surface area contributed by atoms with Gasteiger partial charge in [-0.3, -0.25) is 10.1 Å². The van der Waals surface area contributed by atoms with E-state index in [-0.39, 0.29) is 24.2 Å². The molecule has 4 atom stereocenters. The minimum Gasteiger partial charge on any atom is -0.468 e. The quantitative estimate of drug-likeness (QED) is 0.569. The number of carbonyl (C=O) groups excluding carboxylic acids is 1. The Bertz CT molecular complexity index is 461. The zero-order chi connectivity index (χ0) is 16.7. The largest absolute Gasteiger partial charge is 0.468 e. The molecule has 0 bridgehead atoms. The third-order valence-corrected chi connectivity index (χ3v) is 4.64. The predicted octanol–water partition coefficient (Wildman–Crippen LogP) is 3.40. The van der Waals surface area contributed by atoms with Crippen molar-refractivity contribution in [3.63, 3.8) is 0 Å². The highest BCUT2D eigenvalue weighted by molar-refractivity contribution is 5.76. The van der Waals surface area contributed by atoms with Gasteiger partial charge in [-0.2, -0.15) is 0 Å². The molecule has 1 saturated heterocycles. The Morgan fingerprint density at radius 1 is 1.48 bits per heavy atom. The minimum absolute atomic E-state index is 0.158. The second-order valence-corrected chi connectivity index (χ2v) is 6.60. The van der Waals surface area contributed by atoms with Crippen LogP contribution in [0.4, 0.5) is 0 Å². The lowest BCUT2D eigenvalue weighted by atomic mass is 9.86. The van der Waals surface area contributed by atoms with Gasteiger partial charge in [0.15, 0.2) is 0 Å². The number of aromatic nitrogens is 1. The van der Waals surface area contributed by atoms with E-state index in [1.54, 1.807) is 0 Å². The van der Waals surface area contributed by atoms with Gasteiger partial charge < -0.3 is 14.5 Å². The highest BCUT2D eigenvalue weighted by Crippen LogP contribution is 2.28. The molecule has 0 amide bonds. The molecule has 0 spiro atoms. The smallest absolute Gasteiger partial charge is 0.323 e. The van der Waals surface area contributed by atoms with E-state index in [1.165, 1.54) is 32.8 Å². The van der Waals surface area contributed by atoms with E-state index in [9.17, 15) is 4.79 Å². The summed E-state index contributed by atoms with van der Waals surface area (Å²) in [5, 5.41) is 3.30.